The van der Waals surface area contributed by atoms with Gasteiger partial charge >= 0.3 is 0 Å². The Balaban J connectivity index is 0.00000312. The van der Waals surface area contributed by atoms with Gasteiger partial charge in [-0.3, -0.25) is 9.89 Å². The van der Waals surface area contributed by atoms with Crippen LogP contribution in [0.1, 0.15) is 26.2 Å². The number of nitrogens with one attached hydrogen (secondary N) is 1. The van der Waals surface area contributed by atoms with Gasteiger partial charge in [-0.15, -0.1) is 24.0 Å². The second-order valence-electron chi connectivity index (χ2n) is 5.96. The highest BCUT2D eigenvalue weighted by molar-refractivity contribution is 14.0. The van der Waals surface area contributed by atoms with Crippen LogP contribution in [0.5, 0.6) is 11.5 Å². The summed E-state index contributed by atoms with van der Waals surface area (Å²) in [7, 11) is 1.65. The van der Waals surface area contributed by atoms with Crippen molar-refractivity contribution in [1.82, 2.24) is 10.2 Å². The number of benzene rings is 1. The molecule has 1 unspecified atom stereocenters. The van der Waals surface area contributed by atoms with Gasteiger partial charge in [0, 0.05) is 18.7 Å². The van der Waals surface area contributed by atoms with E-state index >= 15 is 0 Å². The van der Waals surface area contributed by atoms with Gasteiger partial charge in [-0.05, 0) is 44.5 Å². The van der Waals surface area contributed by atoms with Crippen molar-refractivity contribution < 1.29 is 9.47 Å². The van der Waals surface area contributed by atoms with Crippen LogP contribution in [0.4, 0.5) is 0 Å². The summed E-state index contributed by atoms with van der Waals surface area (Å²) in [6, 6.07) is 8.17. The number of methoxy groups -OCH3 is 1. The second kappa shape index (κ2) is 12.2. The molecule has 7 heteroatoms. The highest BCUT2D eigenvalue weighted by Gasteiger charge is 2.22. The second-order valence-corrected chi connectivity index (χ2v) is 5.96. The van der Waals surface area contributed by atoms with Crippen molar-refractivity contribution in [3.63, 3.8) is 0 Å². The molecule has 0 radical (unpaired) electrons. The topological polar surface area (TPSA) is 72.1 Å². The third-order valence-corrected chi connectivity index (χ3v) is 4.31. The molecule has 1 aliphatic rings. The van der Waals surface area contributed by atoms with Gasteiger partial charge in [0.15, 0.2) is 5.96 Å². The zero-order valence-electron chi connectivity index (χ0n) is 15.2. The van der Waals surface area contributed by atoms with E-state index in [9.17, 15) is 0 Å². The van der Waals surface area contributed by atoms with E-state index in [0.29, 0.717) is 18.6 Å². The Morgan fingerprint density at radius 3 is 2.96 bits per heavy atom. The number of guanidine groups is 1. The molecule has 2 rings (SSSR count). The number of ether oxygens (including phenoxy) is 2. The van der Waals surface area contributed by atoms with Gasteiger partial charge in [0.2, 0.25) is 0 Å². The zero-order valence-corrected chi connectivity index (χ0v) is 17.6. The Hall–Kier alpha value is -1.22. The van der Waals surface area contributed by atoms with Crippen LogP contribution in [0.25, 0.3) is 0 Å². The first-order chi connectivity index (χ1) is 11.7. The van der Waals surface area contributed by atoms with Crippen molar-refractivity contribution in [2.24, 2.45) is 10.7 Å². The van der Waals surface area contributed by atoms with Crippen LogP contribution in [-0.2, 0) is 0 Å². The highest BCUT2D eigenvalue weighted by Crippen LogP contribution is 2.19. The Labute approximate surface area is 168 Å². The number of hydrogen-bond donors (Lipinski definition) is 2. The van der Waals surface area contributed by atoms with E-state index in [1.807, 2.05) is 24.3 Å². The van der Waals surface area contributed by atoms with Crippen LogP contribution in [0, 0.1) is 0 Å². The minimum absolute atomic E-state index is 0. The Morgan fingerprint density at radius 1 is 1.40 bits per heavy atom. The van der Waals surface area contributed by atoms with Crippen LogP contribution in [0.2, 0.25) is 0 Å². The number of hydrogen-bond acceptors (Lipinski definition) is 4. The van der Waals surface area contributed by atoms with E-state index in [1.54, 1.807) is 7.11 Å². The molecule has 0 saturated carbocycles. The SMILES string of the molecule is CCN1CCCC1CN=C(N)NCCCOc1cccc(OC)c1.I. The number of nitrogens with zero attached hydrogens (tertiary/aromatic N) is 2. The van der Waals surface area contributed by atoms with Gasteiger partial charge in [0.05, 0.1) is 20.3 Å². The Kier molecular flexibility index (Phi) is 10.6. The van der Waals surface area contributed by atoms with Crippen LogP contribution < -0.4 is 20.5 Å². The standard InChI is InChI=1S/C18H30N4O2.HI/c1-3-22-11-5-7-15(22)14-21-18(19)20-10-6-12-24-17-9-4-8-16(13-17)23-2;/h4,8-9,13,15H,3,5-7,10-12,14H2,1-2H3,(H3,19,20,21);1H. The van der Waals surface area contributed by atoms with E-state index in [-0.39, 0.29) is 24.0 Å². The molecule has 0 amide bonds. The largest absolute Gasteiger partial charge is 0.497 e. The maximum atomic E-state index is 5.93. The minimum atomic E-state index is 0. The number of likely N-dealkylation sites (N-methyl/N-ethyl adjacent to an activating group) is 1. The molecule has 1 aromatic carbocycles. The summed E-state index contributed by atoms with van der Waals surface area (Å²) < 4.78 is 10.9. The van der Waals surface area contributed by atoms with Gasteiger partial charge in [-0.1, -0.05) is 13.0 Å². The van der Waals surface area contributed by atoms with Crippen molar-refractivity contribution in [3.8, 4) is 11.5 Å². The summed E-state index contributed by atoms with van der Waals surface area (Å²) in [5.41, 5.74) is 5.93. The van der Waals surface area contributed by atoms with Crippen LogP contribution in [-0.4, -0.2) is 56.8 Å². The average Bonchev–Trinajstić information content (AvgIpc) is 3.07. The highest BCUT2D eigenvalue weighted by atomic mass is 127. The van der Waals surface area contributed by atoms with Crippen LogP contribution in [0.15, 0.2) is 29.3 Å². The molecule has 0 bridgehead atoms. The number of likely N-dealkylation sites (tertiary alicyclic amines) is 1. The summed E-state index contributed by atoms with van der Waals surface area (Å²) >= 11 is 0. The fraction of sp³-hybridized carbons (Fsp3) is 0.611. The summed E-state index contributed by atoms with van der Waals surface area (Å²) in [5, 5.41) is 3.15. The first kappa shape index (κ1) is 21.8. The lowest BCUT2D eigenvalue weighted by Gasteiger charge is -2.20. The van der Waals surface area contributed by atoms with Crippen molar-refractivity contribution in [2.75, 3.05) is 39.9 Å². The Bertz CT molecular complexity index is 528. The summed E-state index contributed by atoms with van der Waals surface area (Å²) in [6.45, 7) is 6.64. The molecule has 0 spiro atoms. The normalized spacial score (nSPS) is 17.8. The molecule has 25 heavy (non-hydrogen) atoms. The van der Waals surface area contributed by atoms with Crippen molar-refractivity contribution in [3.05, 3.63) is 24.3 Å². The quantitative estimate of drug-likeness (QED) is 0.255. The first-order valence-electron chi connectivity index (χ1n) is 8.77. The first-order valence-corrected chi connectivity index (χ1v) is 8.77. The summed E-state index contributed by atoms with van der Waals surface area (Å²) in [5.74, 6) is 2.14. The molecule has 1 aliphatic heterocycles. The van der Waals surface area contributed by atoms with E-state index in [2.05, 4.69) is 22.1 Å². The lowest BCUT2D eigenvalue weighted by Crippen LogP contribution is -2.36. The minimum Gasteiger partial charge on any atom is -0.497 e. The van der Waals surface area contributed by atoms with Crippen molar-refractivity contribution >= 4 is 29.9 Å². The molecule has 0 aliphatic carbocycles. The lowest BCUT2D eigenvalue weighted by molar-refractivity contribution is 0.273. The van der Waals surface area contributed by atoms with E-state index < -0.39 is 0 Å². The monoisotopic (exact) mass is 462 g/mol. The van der Waals surface area contributed by atoms with Crippen molar-refractivity contribution in [1.29, 1.82) is 0 Å². The van der Waals surface area contributed by atoms with E-state index in [4.69, 9.17) is 15.2 Å². The molecule has 1 saturated heterocycles. The van der Waals surface area contributed by atoms with Crippen LogP contribution >= 0.6 is 24.0 Å². The lowest BCUT2D eigenvalue weighted by atomic mass is 10.2. The fourth-order valence-corrected chi connectivity index (χ4v) is 2.95. The zero-order chi connectivity index (χ0) is 17.2. The molecule has 1 aromatic rings. The smallest absolute Gasteiger partial charge is 0.188 e. The fourth-order valence-electron chi connectivity index (χ4n) is 2.95. The molecule has 1 atom stereocenters. The molecule has 1 fully saturated rings. The predicted molar refractivity (Wildman–Crippen MR) is 113 cm³/mol. The van der Waals surface area contributed by atoms with Gasteiger partial charge in [-0.2, -0.15) is 0 Å². The third kappa shape index (κ3) is 7.68. The average molecular weight is 462 g/mol. The van der Waals surface area contributed by atoms with E-state index in [0.717, 1.165) is 37.6 Å². The predicted octanol–water partition coefficient (Wildman–Crippen LogP) is 2.47. The molecular formula is C18H31IN4O2. The summed E-state index contributed by atoms with van der Waals surface area (Å²) in [6.07, 6.45) is 3.35. The molecule has 3 N–H and O–H groups in total. The van der Waals surface area contributed by atoms with Gasteiger partial charge in [-0.25, -0.2) is 0 Å². The molecule has 6 nitrogen and oxygen atoms in total. The number of halogens is 1. The van der Waals surface area contributed by atoms with E-state index in [1.165, 1.54) is 19.4 Å². The number of aliphatic imine (C=N–C) groups is 1. The summed E-state index contributed by atoms with van der Waals surface area (Å²) in [4.78, 5) is 6.94. The third-order valence-electron chi connectivity index (χ3n) is 4.31. The maximum absolute atomic E-state index is 5.93. The van der Waals surface area contributed by atoms with Gasteiger partial charge in [0.1, 0.15) is 11.5 Å². The van der Waals surface area contributed by atoms with Gasteiger partial charge in [0.25, 0.3) is 0 Å². The molecule has 142 valence electrons. The van der Waals surface area contributed by atoms with Crippen molar-refractivity contribution in [2.45, 2.75) is 32.2 Å². The number of rotatable bonds is 9. The Morgan fingerprint density at radius 2 is 2.20 bits per heavy atom. The molecular weight excluding hydrogens is 431 g/mol. The number of nitrogens with two attached hydrogens (primary N) is 1. The van der Waals surface area contributed by atoms with Crippen LogP contribution in [0.3, 0.4) is 0 Å². The molecule has 0 aromatic heterocycles. The van der Waals surface area contributed by atoms with Gasteiger partial charge < -0.3 is 20.5 Å². The maximum Gasteiger partial charge on any atom is 0.188 e. The molecule has 1 heterocycles.